The summed E-state index contributed by atoms with van der Waals surface area (Å²) in [5, 5.41) is 7.49. The van der Waals surface area contributed by atoms with Gasteiger partial charge in [-0.2, -0.15) is 5.10 Å². The third kappa shape index (κ3) is 4.16. The molecule has 0 fully saturated rings. The fraction of sp³-hybridized carbons (Fsp3) is 0.583. The van der Waals surface area contributed by atoms with E-state index in [1.807, 2.05) is 24.0 Å². The molecule has 0 radical (unpaired) electrons. The Morgan fingerprint density at radius 1 is 1.69 bits per heavy atom. The van der Waals surface area contributed by atoms with E-state index in [9.17, 15) is 0 Å². The van der Waals surface area contributed by atoms with Gasteiger partial charge in [0.15, 0.2) is 0 Å². The molecule has 1 heterocycles. The van der Waals surface area contributed by atoms with Crippen molar-refractivity contribution in [3.63, 3.8) is 0 Å². The monoisotopic (exact) mass is 222 g/mol. The van der Waals surface area contributed by atoms with E-state index in [1.165, 1.54) is 5.56 Å². The minimum absolute atomic E-state index is 0.500. The second-order valence-electron chi connectivity index (χ2n) is 4.23. The van der Waals surface area contributed by atoms with Gasteiger partial charge in [-0.25, -0.2) is 0 Å². The van der Waals surface area contributed by atoms with E-state index in [-0.39, 0.29) is 0 Å². The van der Waals surface area contributed by atoms with Gasteiger partial charge in [-0.15, -0.1) is 6.58 Å². The summed E-state index contributed by atoms with van der Waals surface area (Å²) < 4.78 is 1.84. The SMILES string of the molecule is C=CCNCC(C)N(C)Cc1cnn(C)c1. The van der Waals surface area contributed by atoms with Crippen molar-refractivity contribution in [3.8, 4) is 0 Å². The zero-order chi connectivity index (χ0) is 12.0. The first kappa shape index (κ1) is 12.9. The van der Waals surface area contributed by atoms with Crippen molar-refractivity contribution in [1.82, 2.24) is 20.0 Å². The summed E-state index contributed by atoms with van der Waals surface area (Å²) >= 11 is 0. The summed E-state index contributed by atoms with van der Waals surface area (Å²) in [6, 6.07) is 0.500. The van der Waals surface area contributed by atoms with Gasteiger partial charge in [-0.05, 0) is 14.0 Å². The molecule has 90 valence electrons. The Kier molecular flexibility index (Phi) is 5.22. The molecule has 1 N–H and O–H groups in total. The third-order valence-corrected chi connectivity index (χ3v) is 2.67. The van der Waals surface area contributed by atoms with Crippen molar-refractivity contribution >= 4 is 0 Å². The maximum absolute atomic E-state index is 4.17. The van der Waals surface area contributed by atoms with Crippen molar-refractivity contribution in [2.75, 3.05) is 20.1 Å². The van der Waals surface area contributed by atoms with Gasteiger partial charge in [0, 0.05) is 44.5 Å². The van der Waals surface area contributed by atoms with Gasteiger partial charge in [0.2, 0.25) is 0 Å². The van der Waals surface area contributed by atoms with Gasteiger partial charge in [0.1, 0.15) is 0 Å². The fourth-order valence-corrected chi connectivity index (χ4v) is 1.55. The van der Waals surface area contributed by atoms with Gasteiger partial charge < -0.3 is 5.32 Å². The number of hydrogen-bond acceptors (Lipinski definition) is 3. The van der Waals surface area contributed by atoms with E-state index in [4.69, 9.17) is 0 Å². The average molecular weight is 222 g/mol. The van der Waals surface area contributed by atoms with Crippen LogP contribution in [0.25, 0.3) is 0 Å². The van der Waals surface area contributed by atoms with Gasteiger partial charge in [0.05, 0.1) is 6.20 Å². The number of likely N-dealkylation sites (N-methyl/N-ethyl adjacent to an activating group) is 1. The van der Waals surface area contributed by atoms with Crippen LogP contribution in [0.3, 0.4) is 0 Å². The summed E-state index contributed by atoms with van der Waals surface area (Å²) in [6.45, 7) is 8.68. The van der Waals surface area contributed by atoms with E-state index in [0.717, 1.165) is 19.6 Å². The first-order valence-corrected chi connectivity index (χ1v) is 5.63. The molecule has 0 saturated carbocycles. The summed E-state index contributed by atoms with van der Waals surface area (Å²) in [5.74, 6) is 0. The Morgan fingerprint density at radius 2 is 2.44 bits per heavy atom. The van der Waals surface area contributed by atoms with Gasteiger partial charge in [-0.1, -0.05) is 6.08 Å². The van der Waals surface area contributed by atoms with Gasteiger partial charge >= 0.3 is 0 Å². The molecule has 4 nitrogen and oxygen atoms in total. The molecule has 1 unspecified atom stereocenters. The lowest BCUT2D eigenvalue weighted by Crippen LogP contribution is -2.37. The topological polar surface area (TPSA) is 33.1 Å². The van der Waals surface area contributed by atoms with Crippen molar-refractivity contribution in [1.29, 1.82) is 0 Å². The van der Waals surface area contributed by atoms with Crippen molar-refractivity contribution in [2.45, 2.75) is 19.5 Å². The quantitative estimate of drug-likeness (QED) is 0.552. The zero-order valence-electron chi connectivity index (χ0n) is 10.5. The van der Waals surface area contributed by atoms with Crippen LogP contribution >= 0.6 is 0 Å². The van der Waals surface area contributed by atoms with Crippen LogP contribution in [0.4, 0.5) is 0 Å². The third-order valence-electron chi connectivity index (χ3n) is 2.67. The van der Waals surface area contributed by atoms with Crippen LogP contribution in [0, 0.1) is 0 Å². The number of hydrogen-bond donors (Lipinski definition) is 1. The maximum Gasteiger partial charge on any atom is 0.0534 e. The first-order valence-electron chi connectivity index (χ1n) is 5.63. The molecule has 16 heavy (non-hydrogen) atoms. The minimum Gasteiger partial charge on any atom is -0.312 e. The Balaban J connectivity index is 2.33. The Bertz CT molecular complexity index is 319. The Morgan fingerprint density at radius 3 is 3.00 bits per heavy atom. The first-order chi connectivity index (χ1) is 7.63. The molecule has 0 aliphatic carbocycles. The molecule has 0 aliphatic heterocycles. The zero-order valence-corrected chi connectivity index (χ0v) is 10.5. The van der Waals surface area contributed by atoms with E-state index >= 15 is 0 Å². The average Bonchev–Trinajstić information content (AvgIpc) is 2.64. The summed E-state index contributed by atoms with van der Waals surface area (Å²) in [7, 11) is 4.08. The van der Waals surface area contributed by atoms with E-state index in [0.29, 0.717) is 6.04 Å². The van der Waals surface area contributed by atoms with Crippen LogP contribution in [-0.4, -0.2) is 40.9 Å². The number of aryl methyl sites for hydroxylation is 1. The van der Waals surface area contributed by atoms with Gasteiger partial charge in [0.25, 0.3) is 0 Å². The van der Waals surface area contributed by atoms with Crippen LogP contribution in [0.1, 0.15) is 12.5 Å². The summed E-state index contributed by atoms with van der Waals surface area (Å²) in [6.07, 6.45) is 5.86. The van der Waals surface area contributed by atoms with Crippen LogP contribution in [-0.2, 0) is 13.6 Å². The van der Waals surface area contributed by atoms with Crippen LogP contribution in [0.5, 0.6) is 0 Å². The molecular formula is C12H22N4. The summed E-state index contributed by atoms with van der Waals surface area (Å²) in [5.41, 5.74) is 1.25. The number of rotatable bonds is 7. The van der Waals surface area contributed by atoms with Crippen molar-refractivity contribution in [3.05, 3.63) is 30.6 Å². The lowest BCUT2D eigenvalue weighted by molar-refractivity contribution is 0.244. The molecule has 0 aromatic carbocycles. The molecule has 0 aliphatic rings. The number of nitrogens with zero attached hydrogens (tertiary/aromatic N) is 3. The van der Waals surface area contributed by atoms with E-state index < -0.39 is 0 Å². The molecule has 0 saturated heterocycles. The Labute approximate surface area is 97.9 Å². The molecule has 0 bridgehead atoms. The molecule has 4 heteroatoms. The second kappa shape index (κ2) is 6.45. The lowest BCUT2D eigenvalue weighted by atomic mass is 10.2. The second-order valence-corrected chi connectivity index (χ2v) is 4.23. The van der Waals surface area contributed by atoms with E-state index in [2.05, 4.69) is 42.1 Å². The molecule has 1 aromatic rings. The van der Waals surface area contributed by atoms with E-state index in [1.54, 1.807) is 0 Å². The normalized spacial score (nSPS) is 13.0. The standard InChI is InChI=1S/C12H22N4/c1-5-6-13-7-11(2)15(3)9-12-8-14-16(4)10-12/h5,8,10-11,13H,1,6-7,9H2,2-4H3. The maximum atomic E-state index is 4.17. The lowest BCUT2D eigenvalue weighted by Gasteiger charge is -2.24. The van der Waals surface area contributed by atoms with Crippen LogP contribution in [0.15, 0.2) is 25.0 Å². The van der Waals surface area contributed by atoms with Crippen LogP contribution in [0.2, 0.25) is 0 Å². The highest BCUT2D eigenvalue weighted by Crippen LogP contribution is 2.04. The molecule has 0 amide bonds. The molecule has 1 atom stereocenters. The highest BCUT2D eigenvalue weighted by Gasteiger charge is 2.09. The number of nitrogens with one attached hydrogen (secondary N) is 1. The number of aromatic nitrogens is 2. The molecule has 1 aromatic heterocycles. The predicted molar refractivity (Wildman–Crippen MR) is 67.2 cm³/mol. The smallest absolute Gasteiger partial charge is 0.0534 e. The van der Waals surface area contributed by atoms with Crippen molar-refractivity contribution < 1.29 is 0 Å². The molecule has 1 rings (SSSR count). The predicted octanol–water partition coefficient (Wildman–Crippen LogP) is 1.02. The highest BCUT2D eigenvalue weighted by molar-refractivity contribution is 5.03. The molecular weight excluding hydrogens is 200 g/mol. The highest BCUT2D eigenvalue weighted by atomic mass is 15.2. The largest absolute Gasteiger partial charge is 0.312 e. The van der Waals surface area contributed by atoms with Gasteiger partial charge in [-0.3, -0.25) is 9.58 Å². The van der Waals surface area contributed by atoms with Crippen LogP contribution < -0.4 is 5.32 Å². The minimum atomic E-state index is 0.500. The summed E-state index contributed by atoms with van der Waals surface area (Å²) in [4.78, 5) is 2.31. The van der Waals surface area contributed by atoms with Crippen molar-refractivity contribution in [2.24, 2.45) is 7.05 Å². The Hall–Kier alpha value is -1.13. The molecule has 0 spiro atoms. The fourth-order valence-electron chi connectivity index (χ4n) is 1.55.